The molecule has 0 aliphatic rings. The molecule has 0 saturated heterocycles. The van der Waals surface area contributed by atoms with Crippen molar-refractivity contribution in [1.82, 2.24) is 9.55 Å². The summed E-state index contributed by atoms with van der Waals surface area (Å²) in [6, 6.07) is 13.9. The van der Waals surface area contributed by atoms with Crippen LogP contribution in [0.15, 0.2) is 71.0 Å². The second kappa shape index (κ2) is 7.98. The van der Waals surface area contributed by atoms with Crippen LogP contribution >= 0.6 is 11.8 Å². The number of nitrogens with zero attached hydrogens (tertiary/aromatic N) is 2. The van der Waals surface area contributed by atoms with Gasteiger partial charge in [0.15, 0.2) is 5.16 Å². The fourth-order valence-corrected chi connectivity index (χ4v) is 3.14. The van der Waals surface area contributed by atoms with Crippen LogP contribution in [0.1, 0.15) is 12.0 Å². The number of carbonyl (C=O) groups is 1. The van der Waals surface area contributed by atoms with Crippen molar-refractivity contribution in [3.05, 3.63) is 72.3 Å². The molecule has 4 nitrogen and oxygen atoms in total. The van der Waals surface area contributed by atoms with Crippen LogP contribution in [0.4, 0.5) is 10.1 Å². The number of rotatable bonds is 6. The van der Waals surface area contributed by atoms with Gasteiger partial charge < -0.3 is 9.88 Å². The van der Waals surface area contributed by atoms with Crippen LogP contribution in [0.3, 0.4) is 0 Å². The highest BCUT2D eigenvalue weighted by molar-refractivity contribution is 7.99. The average Bonchev–Trinajstić information content (AvgIpc) is 3.00. The zero-order valence-corrected chi connectivity index (χ0v) is 14.6. The molecule has 1 N–H and O–H groups in total. The minimum atomic E-state index is -0.279. The van der Waals surface area contributed by atoms with Gasteiger partial charge in [-0.3, -0.25) is 4.79 Å². The van der Waals surface area contributed by atoms with Gasteiger partial charge in [-0.2, -0.15) is 0 Å². The van der Waals surface area contributed by atoms with E-state index in [0.717, 1.165) is 21.3 Å². The highest BCUT2D eigenvalue weighted by atomic mass is 32.2. The number of halogens is 1. The van der Waals surface area contributed by atoms with Gasteiger partial charge in [-0.1, -0.05) is 23.9 Å². The van der Waals surface area contributed by atoms with E-state index in [1.54, 1.807) is 24.0 Å². The zero-order chi connectivity index (χ0) is 17.6. The van der Waals surface area contributed by atoms with E-state index < -0.39 is 0 Å². The molecular formula is C19H18FN3OS. The van der Waals surface area contributed by atoms with Crippen LogP contribution in [0.2, 0.25) is 0 Å². The molecule has 25 heavy (non-hydrogen) atoms. The molecule has 0 fully saturated rings. The third kappa shape index (κ3) is 4.93. The molecule has 0 aliphatic heterocycles. The van der Waals surface area contributed by atoms with E-state index in [1.165, 1.54) is 12.1 Å². The van der Waals surface area contributed by atoms with Crippen molar-refractivity contribution in [3.63, 3.8) is 0 Å². The molecule has 0 spiro atoms. The smallest absolute Gasteiger partial charge is 0.224 e. The zero-order valence-electron chi connectivity index (χ0n) is 13.8. The number of carbonyl (C=O) groups excluding carboxylic acids is 1. The first-order valence-electron chi connectivity index (χ1n) is 7.90. The van der Waals surface area contributed by atoms with Gasteiger partial charge in [0.2, 0.25) is 5.91 Å². The molecule has 0 unspecified atom stereocenters. The minimum absolute atomic E-state index is 0.0891. The summed E-state index contributed by atoms with van der Waals surface area (Å²) in [6.07, 6.45) is 4.48. The van der Waals surface area contributed by atoms with Crippen LogP contribution in [-0.4, -0.2) is 15.5 Å². The Morgan fingerprint density at radius 3 is 2.72 bits per heavy atom. The molecule has 2 aromatic carbocycles. The maximum absolute atomic E-state index is 13.1. The first kappa shape index (κ1) is 17.2. The Labute approximate surface area is 150 Å². The average molecular weight is 355 g/mol. The molecule has 3 rings (SSSR count). The van der Waals surface area contributed by atoms with Crippen molar-refractivity contribution in [1.29, 1.82) is 0 Å². The van der Waals surface area contributed by atoms with Crippen LogP contribution < -0.4 is 5.32 Å². The van der Waals surface area contributed by atoms with Crippen molar-refractivity contribution in [2.45, 2.75) is 22.9 Å². The number of hydrogen-bond donors (Lipinski definition) is 1. The van der Waals surface area contributed by atoms with Crippen LogP contribution in [0, 0.1) is 5.82 Å². The maximum atomic E-state index is 13.1. The van der Waals surface area contributed by atoms with Gasteiger partial charge in [-0.15, -0.1) is 0 Å². The molecule has 0 saturated carbocycles. The van der Waals surface area contributed by atoms with E-state index in [0.29, 0.717) is 12.8 Å². The van der Waals surface area contributed by atoms with Gasteiger partial charge in [0.1, 0.15) is 5.82 Å². The standard InChI is InChI=1S/C19H18FN3OS/c1-23-12-11-21-19(23)25-17-8-6-16(7-9-17)22-18(24)10-5-14-3-2-4-15(20)13-14/h2-4,6-9,11-13H,5,10H2,1H3,(H,22,24). The lowest BCUT2D eigenvalue weighted by Crippen LogP contribution is -2.12. The molecule has 0 aliphatic carbocycles. The van der Waals surface area contributed by atoms with E-state index in [4.69, 9.17) is 0 Å². The molecule has 1 amide bonds. The van der Waals surface area contributed by atoms with Crippen molar-refractivity contribution < 1.29 is 9.18 Å². The first-order valence-corrected chi connectivity index (χ1v) is 8.71. The Balaban J connectivity index is 1.52. The number of amides is 1. The summed E-state index contributed by atoms with van der Waals surface area (Å²) in [6.45, 7) is 0. The topological polar surface area (TPSA) is 46.9 Å². The summed E-state index contributed by atoms with van der Waals surface area (Å²) in [5, 5.41) is 3.77. The molecule has 1 heterocycles. The molecule has 1 aromatic heterocycles. The number of aromatic nitrogens is 2. The quantitative estimate of drug-likeness (QED) is 0.718. The summed E-state index contributed by atoms with van der Waals surface area (Å²) in [5.41, 5.74) is 1.56. The lowest BCUT2D eigenvalue weighted by molar-refractivity contribution is -0.116. The molecular weight excluding hydrogens is 337 g/mol. The summed E-state index contributed by atoms with van der Waals surface area (Å²) >= 11 is 1.56. The Bertz CT molecular complexity index is 861. The highest BCUT2D eigenvalue weighted by Gasteiger charge is 2.06. The second-order valence-corrected chi connectivity index (χ2v) is 6.67. The maximum Gasteiger partial charge on any atom is 0.224 e. The molecule has 0 bridgehead atoms. The van der Waals surface area contributed by atoms with Gasteiger partial charge in [0, 0.05) is 36.4 Å². The Hall–Kier alpha value is -2.60. The fraction of sp³-hybridized carbons (Fsp3) is 0.158. The van der Waals surface area contributed by atoms with E-state index >= 15 is 0 Å². The second-order valence-electron chi connectivity index (χ2n) is 5.63. The van der Waals surface area contributed by atoms with Crippen molar-refractivity contribution in [2.75, 3.05) is 5.32 Å². The third-order valence-corrected chi connectivity index (χ3v) is 4.74. The van der Waals surface area contributed by atoms with E-state index in [2.05, 4.69) is 10.3 Å². The third-order valence-electron chi connectivity index (χ3n) is 3.65. The summed E-state index contributed by atoms with van der Waals surface area (Å²) in [5.74, 6) is -0.368. The van der Waals surface area contributed by atoms with Gasteiger partial charge in [0.25, 0.3) is 0 Å². The Morgan fingerprint density at radius 2 is 2.04 bits per heavy atom. The lowest BCUT2D eigenvalue weighted by Gasteiger charge is -2.07. The molecule has 3 aromatic rings. The number of imidazole rings is 1. The number of aryl methyl sites for hydroxylation is 2. The molecule has 0 atom stereocenters. The summed E-state index contributed by atoms with van der Waals surface area (Å²) in [7, 11) is 1.95. The molecule has 0 radical (unpaired) electrons. The predicted molar refractivity (Wildman–Crippen MR) is 97.1 cm³/mol. The van der Waals surface area contributed by atoms with E-state index in [1.807, 2.05) is 48.1 Å². The Morgan fingerprint density at radius 1 is 1.24 bits per heavy atom. The molecule has 128 valence electrons. The summed E-state index contributed by atoms with van der Waals surface area (Å²) in [4.78, 5) is 17.4. The normalized spacial score (nSPS) is 10.6. The number of hydrogen-bond acceptors (Lipinski definition) is 3. The van der Waals surface area contributed by atoms with Gasteiger partial charge in [-0.25, -0.2) is 9.37 Å². The molecule has 6 heteroatoms. The van der Waals surface area contributed by atoms with Crippen LogP contribution in [0.5, 0.6) is 0 Å². The predicted octanol–water partition coefficient (Wildman–Crippen LogP) is 4.28. The lowest BCUT2D eigenvalue weighted by atomic mass is 10.1. The van der Waals surface area contributed by atoms with Crippen molar-refractivity contribution in [2.24, 2.45) is 7.05 Å². The van der Waals surface area contributed by atoms with E-state index in [-0.39, 0.29) is 11.7 Å². The number of benzene rings is 2. The van der Waals surface area contributed by atoms with Crippen molar-refractivity contribution >= 4 is 23.4 Å². The van der Waals surface area contributed by atoms with Crippen LogP contribution in [0.25, 0.3) is 0 Å². The largest absolute Gasteiger partial charge is 0.329 e. The first-order chi connectivity index (χ1) is 12.1. The number of anilines is 1. The SMILES string of the molecule is Cn1ccnc1Sc1ccc(NC(=O)CCc2cccc(F)c2)cc1. The monoisotopic (exact) mass is 355 g/mol. The Kier molecular flexibility index (Phi) is 5.50. The fourth-order valence-electron chi connectivity index (χ4n) is 2.34. The van der Waals surface area contributed by atoms with Crippen LogP contribution in [-0.2, 0) is 18.3 Å². The van der Waals surface area contributed by atoms with E-state index in [9.17, 15) is 9.18 Å². The van der Waals surface area contributed by atoms with Gasteiger partial charge in [0.05, 0.1) is 0 Å². The van der Waals surface area contributed by atoms with Gasteiger partial charge >= 0.3 is 0 Å². The van der Waals surface area contributed by atoms with Crippen molar-refractivity contribution in [3.8, 4) is 0 Å². The minimum Gasteiger partial charge on any atom is -0.329 e. The highest BCUT2D eigenvalue weighted by Crippen LogP contribution is 2.26. The number of nitrogens with one attached hydrogen (secondary N) is 1. The summed E-state index contributed by atoms with van der Waals surface area (Å²) < 4.78 is 15.1. The van der Waals surface area contributed by atoms with Gasteiger partial charge in [-0.05, 0) is 48.4 Å².